The van der Waals surface area contributed by atoms with Crippen molar-refractivity contribution in [1.82, 2.24) is 9.97 Å². The molecule has 0 aromatic carbocycles. The van der Waals surface area contributed by atoms with E-state index in [-0.39, 0.29) is 25.2 Å². The van der Waals surface area contributed by atoms with Crippen molar-refractivity contribution in [2.24, 2.45) is 0 Å². The molecule has 2 amide bonds. The normalized spacial score (nSPS) is 23.0. The summed E-state index contributed by atoms with van der Waals surface area (Å²) in [5.41, 5.74) is 0.800. The largest absolute Gasteiger partial charge is 0.416 e. The monoisotopic (exact) mass is 434 g/mol. The van der Waals surface area contributed by atoms with E-state index in [0.29, 0.717) is 30.5 Å². The molecular weight excluding hydrogens is 413 g/mol. The van der Waals surface area contributed by atoms with Crippen molar-refractivity contribution < 1.29 is 22.7 Å². The summed E-state index contributed by atoms with van der Waals surface area (Å²) in [5, 5.41) is 2.80. The summed E-state index contributed by atoms with van der Waals surface area (Å²) in [6.45, 7) is 1.41. The molecule has 0 radical (unpaired) electrons. The Kier molecular flexibility index (Phi) is 4.84. The Balaban J connectivity index is 1.45. The van der Waals surface area contributed by atoms with E-state index in [4.69, 9.17) is 4.74 Å². The molecule has 5 heterocycles. The van der Waals surface area contributed by atoms with Crippen molar-refractivity contribution in [2.45, 2.75) is 24.7 Å². The first kappa shape index (κ1) is 19.9. The number of carbonyl (C=O) groups is 1. The molecule has 3 aliphatic heterocycles. The molecule has 164 valence electrons. The molecule has 2 saturated heterocycles. The third-order valence-electron chi connectivity index (χ3n) is 5.81. The summed E-state index contributed by atoms with van der Waals surface area (Å²) in [6, 6.07) is 8.35. The fraction of sp³-hybridized carbons (Fsp3) is 0.450. The summed E-state index contributed by atoms with van der Waals surface area (Å²) in [6.07, 6.45) is -3.92. The number of carbonyl (C=O) groups excluding carboxylic acids is 1. The van der Waals surface area contributed by atoms with Gasteiger partial charge in [-0.15, -0.1) is 0 Å². The van der Waals surface area contributed by atoms with Gasteiger partial charge in [0.1, 0.15) is 11.6 Å². The van der Waals surface area contributed by atoms with E-state index in [1.165, 1.54) is 0 Å². The van der Waals surface area contributed by atoms with Crippen molar-refractivity contribution in [3.05, 3.63) is 36.5 Å². The lowest BCUT2D eigenvalue weighted by Crippen LogP contribution is -2.50. The van der Waals surface area contributed by atoms with E-state index in [1.807, 2.05) is 6.07 Å². The van der Waals surface area contributed by atoms with E-state index < -0.39 is 12.3 Å². The van der Waals surface area contributed by atoms with Crippen molar-refractivity contribution in [3.63, 3.8) is 0 Å². The van der Waals surface area contributed by atoms with Crippen molar-refractivity contribution in [2.75, 3.05) is 52.8 Å². The van der Waals surface area contributed by atoms with Crippen LogP contribution in [-0.4, -0.2) is 67.1 Å². The lowest BCUT2D eigenvalue weighted by atomic mass is 10.2. The zero-order chi connectivity index (χ0) is 21.6. The number of hydrogen-bond donors (Lipinski definition) is 1. The Morgan fingerprint density at radius 1 is 1.13 bits per heavy atom. The number of hydrogen-bond acceptors (Lipinski definition) is 6. The second kappa shape index (κ2) is 7.56. The Morgan fingerprint density at radius 2 is 2.00 bits per heavy atom. The first-order valence-electron chi connectivity index (χ1n) is 10.1. The molecule has 2 atom stereocenters. The number of ether oxygens (including phenoxy) is 1. The van der Waals surface area contributed by atoms with Crippen molar-refractivity contribution in [3.8, 4) is 0 Å². The number of rotatable bonds is 2. The van der Waals surface area contributed by atoms with Gasteiger partial charge < -0.3 is 14.5 Å². The Hall–Kier alpha value is -3.08. The second-order valence-electron chi connectivity index (χ2n) is 7.76. The van der Waals surface area contributed by atoms with Gasteiger partial charge in [0.2, 0.25) is 0 Å². The number of nitrogens with zero attached hydrogens (tertiary/aromatic N) is 5. The van der Waals surface area contributed by atoms with Crippen LogP contribution in [0.3, 0.4) is 0 Å². The van der Waals surface area contributed by atoms with E-state index in [1.54, 1.807) is 40.3 Å². The van der Waals surface area contributed by atoms with Crippen LogP contribution in [0.1, 0.15) is 6.42 Å². The highest BCUT2D eigenvalue weighted by atomic mass is 19.4. The minimum absolute atomic E-state index is 0.0401. The lowest BCUT2D eigenvalue weighted by molar-refractivity contribution is -0.221. The van der Waals surface area contributed by atoms with Crippen LogP contribution in [0, 0.1) is 0 Å². The van der Waals surface area contributed by atoms with Gasteiger partial charge in [-0.3, -0.25) is 10.2 Å². The smallest absolute Gasteiger partial charge is 0.366 e. The summed E-state index contributed by atoms with van der Waals surface area (Å²) in [7, 11) is 0. The fourth-order valence-electron chi connectivity index (χ4n) is 4.30. The summed E-state index contributed by atoms with van der Waals surface area (Å²) in [4.78, 5) is 27.2. The van der Waals surface area contributed by atoms with Gasteiger partial charge in [-0.25, -0.2) is 14.8 Å². The van der Waals surface area contributed by atoms with Crippen LogP contribution in [0.2, 0.25) is 0 Å². The maximum absolute atomic E-state index is 13.1. The maximum Gasteiger partial charge on any atom is 0.416 e. The molecule has 2 unspecified atom stereocenters. The zero-order valence-corrected chi connectivity index (χ0v) is 16.5. The molecular formula is C20H21F3N6O2. The number of morpholine rings is 1. The third kappa shape index (κ3) is 3.73. The standard InChI is InChI=1S/C20H21F3N6O2/c21-20(22,23)15-12-28(9-10-31-15)17-5-4-14-18(26-17)29(13-6-8-27(14)11-13)19(30)25-16-3-1-2-7-24-16/h1-5,7,13,15H,6,8-12H2,(H,24,25,30). The molecule has 2 aromatic heterocycles. The zero-order valence-electron chi connectivity index (χ0n) is 16.5. The number of fused-ring (bicyclic) bond motifs is 4. The SMILES string of the molecule is O=C(Nc1ccccn1)N1c2nc(N3CCOC(C(F)(F)F)C3)ccc2N2CCC1C2. The Morgan fingerprint density at radius 3 is 2.77 bits per heavy atom. The molecule has 2 fully saturated rings. The summed E-state index contributed by atoms with van der Waals surface area (Å²) >= 11 is 0. The highest BCUT2D eigenvalue weighted by Crippen LogP contribution is 2.40. The number of anilines is 4. The first-order valence-corrected chi connectivity index (χ1v) is 10.1. The molecule has 3 aliphatic rings. The molecule has 5 rings (SSSR count). The number of halogens is 3. The predicted octanol–water partition coefficient (Wildman–Crippen LogP) is 2.87. The van der Waals surface area contributed by atoms with Crippen LogP contribution < -0.4 is 20.0 Å². The second-order valence-corrected chi connectivity index (χ2v) is 7.76. The number of alkyl halides is 3. The fourth-order valence-corrected chi connectivity index (χ4v) is 4.30. The van der Waals surface area contributed by atoms with Gasteiger partial charge in [0.25, 0.3) is 0 Å². The van der Waals surface area contributed by atoms with Crippen molar-refractivity contribution >= 4 is 29.2 Å². The minimum Gasteiger partial charge on any atom is -0.366 e. The number of aromatic nitrogens is 2. The molecule has 31 heavy (non-hydrogen) atoms. The van der Waals surface area contributed by atoms with Gasteiger partial charge in [-0.05, 0) is 30.7 Å². The van der Waals surface area contributed by atoms with Crippen LogP contribution in [0.15, 0.2) is 36.5 Å². The highest BCUT2D eigenvalue weighted by Gasteiger charge is 2.44. The molecule has 0 saturated carbocycles. The quantitative estimate of drug-likeness (QED) is 0.784. The molecule has 1 N–H and O–H groups in total. The van der Waals surface area contributed by atoms with E-state index in [2.05, 4.69) is 20.2 Å². The molecule has 2 bridgehead atoms. The number of urea groups is 1. The van der Waals surface area contributed by atoms with E-state index in [0.717, 1.165) is 18.7 Å². The summed E-state index contributed by atoms with van der Waals surface area (Å²) < 4.78 is 44.3. The highest BCUT2D eigenvalue weighted by molar-refractivity contribution is 6.04. The first-order chi connectivity index (χ1) is 14.9. The molecule has 8 nitrogen and oxygen atoms in total. The topological polar surface area (TPSA) is 73.8 Å². The van der Waals surface area contributed by atoms with Crippen LogP contribution in [0.5, 0.6) is 0 Å². The van der Waals surface area contributed by atoms with Gasteiger partial charge in [0.05, 0.1) is 24.9 Å². The Bertz CT molecular complexity index is 973. The molecule has 11 heteroatoms. The number of pyridine rings is 2. The van der Waals surface area contributed by atoms with E-state index >= 15 is 0 Å². The average Bonchev–Trinajstić information content (AvgIpc) is 3.18. The van der Waals surface area contributed by atoms with Crippen molar-refractivity contribution in [1.29, 1.82) is 0 Å². The van der Waals surface area contributed by atoms with Gasteiger partial charge in [0.15, 0.2) is 11.9 Å². The molecule has 2 aromatic rings. The third-order valence-corrected chi connectivity index (χ3v) is 5.81. The number of nitrogens with one attached hydrogen (secondary N) is 1. The summed E-state index contributed by atoms with van der Waals surface area (Å²) in [5.74, 6) is 1.27. The lowest BCUT2D eigenvalue weighted by Gasteiger charge is -2.38. The number of amides is 2. The van der Waals surface area contributed by atoms with Gasteiger partial charge >= 0.3 is 12.2 Å². The van der Waals surface area contributed by atoms with Gasteiger partial charge in [-0.1, -0.05) is 6.07 Å². The van der Waals surface area contributed by atoms with Crippen LogP contribution in [0.25, 0.3) is 0 Å². The van der Waals surface area contributed by atoms with Crippen LogP contribution in [-0.2, 0) is 4.74 Å². The maximum atomic E-state index is 13.1. The van der Waals surface area contributed by atoms with E-state index in [9.17, 15) is 18.0 Å². The molecule has 0 aliphatic carbocycles. The predicted molar refractivity (Wildman–Crippen MR) is 109 cm³/mol. The minimum atomic E-state index is -4.44. The van der Waals surface area contributed by atoms with Gasteiger partial charge in [-0.2, -0.15) is 13.2 Å². The molecule has 0 spiro atoms. The average molecular weight is 434 g/mol. The van der Waals surface area contributed by atoms with Crippen LogP contribution >= 0.6 is 0 Å². The Labute approximate surface area is 176 Å². The van der Waals surface area contributed by atoms with Gasteiger partial charge in [0, 0.05) is 25.8 Å². The van der Waals surface area contributed by atoms with Crippen LogP contribution in [0.4, 0.5) is 41.1 Å².